The zero-order chi connectivity index (χ0) is 10.9. The van der Waals surface area contributed by atoms with Crippen LogP contribution in [-0.4, -0.2) is 11.1 Å². The monoisotopic (exact) mass is 225 g/mol. The molecule has 1 saturated carbocycles. The lowest BCUT2D eigenvalue weighted by Gasteiger charge is -2.29. The van der Waals surface area contributed by atoms with Gasteiger partial charge in [0.05, 0.1) is 0 Å². The van der Waals surface area contributed by atoms with Crippen molar-refractivity contribution < 1.29 is 5.11 Å². The quantitative estimate of drug-likeness (QED) is 0.773. The minimum absolute atomic E-state index is 0.450. The van der Waals surface area contributed by atoms with Gasteiger partial charge in [0, 0.05) is 16.6 Å². The predicted octanol–water partition coefficient (Wildman–Crippen LogP) is 2.65. The van der Waals surface area contributed by atoms with Crippen molar-refractivity contribution in [3.05, 3.63) is 34.9 Å². The summed E-state index contributed by atoms with van der Waals surface area (Å²) in [6, 6.07) is 7.91. The van der Waals surface area contributed by atoms with Crippen LogP contribution in [0.4, 0.5) is 0 Å². The van der Waals surface area contributed by atoms with Gasteiger partial charge in [-0.2, -0.15) is 0 Å². The first kappa shape index (κ1) is 10.9. The molecule has 15 heavy (non-hydrogen) atoms. The number of halogens is 1. The fourth-order valence-electron chi connectivity index (χ4n) is 1.73. The van der Waals surface area contributed by atoms with Gasteiger partial charge in [0.15, 0.2) is 0 Å². The van der Waals surface area contributed by atoms with Gasteiger partial charge in [-0.1, -0.05) is 36.7 Å². The summed E-state index contributed by atoms with van der Waals surface area (Å²) in [5.41, 5.74) is -0.194. The van der Waals surface area contributed by atoms with Crippen LogP contribution in [0, 0.1) is 0 Å². The maximum atomic E-state index is 10.5. The highest BCUT2D eigenvalue weighted by Gasteiger charge is 2.35. The largest absolute Gasteiger partial charge is 0.372 e. The van der Waals surface area contributed by atoms with Gasteiger partial charge in [0.25, 0.3) is 0 Å². The second-order valence-corrected chi connectivity index (χ2v) is 4.52. The van der Waals surface area contributed by atoms with Crippen molar-refractivity contribution in [2.24, 2.45) is 0 Å². The minimum Gasteiger partial charge on any atom is -0.372 e. The molecule has 1 fully saturated rings. The number of rotatable bonds is 4. The molecule has 0 bridgehead atoms. The highest BCUT2D eigenvalue weighted by atomic mass is 35.5. The normalized spacial score (nSPS) is 19.9. The van der Waals surface area contributed by atoms with Gasteiger partial charge < -0.3 is 5.11 Å². The summed E-state index contributed by atoms with van der Waals surface area (Å²) in [6.45, 7) is 1.96. The van der Waals surface area contributed by atoms with Crippen LogP contribution in [0.2, 0.25) is 5.02 Å². The molecule has 1 aromatic carbocycles. The highest BCUT2D eigenvalue weighted by molar-refractivity contribution is 6.31. The van der Waals surface area contributed by atoms with Gasteiger partial charge in [-0.15, -0.1) is 0 Å². The number of hydrogen-bond donors (Lipinski definition) is 2. The number of benzene rings is 1. The van der Waals surface area contributed by atoms with E-state index in [0.717, 1.165) is 18.4 Å². The highest BCUT2D eigenvalue weighted by Crippen LogP contribution is 2.32. The molecule has 1 aromatic rings. The van der Waals surface area contributed by atoms with Crippen LogP contribution in [0.25, 0.3) is 0 Å². The Bertz CT molecular complexity index is 351. The average molecular weight is 226 g/mol. The van der Waals surface area contributed by atoms with Crippen LogP contribution in [0.15, 0.2) is 24.3 Å². The Balaban J connectivity index is 2.27. The lowest BCUT2D eigenvalue weighted by atomic mass is 10.00. The van der Waals surface area contributed by atoms with Crippen molar-refractivity contribution in [1.29, 1.82) is 0 Å². The predicted molar refractivity (Wildman–Crippen MR) is 61.8 cm³/mol. The Labute approximate surface area is 95.3 Å². The summed E-state index contributed by atoms with van der Waals surface area (Å²) in [7, 11) is 0. The number of hydrogen-bond acceptors (Lipinski definition) is 2. The molecular formula is C12H16ClNO. The third kappa shape index (κ3) is 2.33. The first-order chi connectivity index (χ1) is 7.15. The van der Waals surface area contributed by atoms with E-state index in [-0.39, 0.29) is 0 Å². The molecule has 0 aromatic heterocycles. The van der Waals surface area contributed by atoms with E-state index in [0.29, 0.717) is 17.5 Å². The zero-order valence-corrected chi connectivity index (χ0v) is 9.59. The van der Waals surface area contributed by atoms with E-state index in [2.05, 4.69) is 5.32 Å². The third-order valence-electron chi connectivity index (χ3n) is 2.85. The van der Waals surface area contributed by atoms with E-state index in [4.69, 9.17) is 11.6 Å². The minimum atomic E-state index is -0.973. The maximum absolute atomic E-state index is 10.5. The Hall–Kier alpha value is -0.570. The molecule has 3 heteroatoms. The lowest BCUT2D eigenvalue weighted by molar-refractivity contribution is -0.00558. The van der Waals surface area contributed by atoms with Gasteiger partial charge in [0.1, 0.15) is 5.72 Å². The molecule has 0 radical (unpaired) electrons. The van der Waals surface area contributed by atoms with E-state index in [1.54, 1.807) is 0 Å². The second-order valence-electron chi connectivity index (χ2n) is 4.11. The third-order valence-corrected chi connectivity index (χ3v) is 3.18. The Morgan fingerprint density at radius 2 is 2.13 bits per heavy atom. The standard InChI is InChI=1S/C12H16ClNO/c1-2-12(15,14-9-7-8-9)10-5-3-4-6-11(10)13/h3-6,9,14-15H,2,7-8H2,1H3. The van der Waals surface area contributed by atoms with Crippen molar-refractivity contribution in [3.8, 4) is 0 Å². The average Bonchev–Trinajstić information content (AvgIpc) is 3.02. The second kappa shape index (κ2) is 4.12. The molecule has 0 spiro atoms. The first-order valence-corrected chi connectivity index (χ1v) is 5.78. The van der Waals surface area contributed by atoms with E-state index < -0.39 is 5.72 Å². The Morgan fingerprint density at radius 3 is 2.67 bits per heavy atom. The molecule has 0 heterocycles. The van der Waals surface area contributed by atoms with E-state index in [1.165, 1.54) is 0 Å². The van der Waals surface area contributed by atoms with E-state index in [9.17, 15) is 5.11 Å². The molecular weight excluding hydrogens is 210 g/mol. The summed E-state index contributed by atoms with van der Waals surface area (Å²) in [5.74, 6) is 0. The van der Waals surface area contributed by atoms with Crippen LogP contribution in [0.3, 0.4) is 0 Å². The summed E-state index contributed by atoms with van der Waals surface area (Å²) in [5, 5.41) is 14.4. The van der Waals surface area contributed by atoms with E-state index >= 15 is 0 Å². The molecule has 0 saturated heterocycles. The molecule has 1 aliphatic rings. The zero-order valence-electron chi connectivity index (χ0n) is 8.83. The molecule has 2 nitrogen and oxygen atoms in total. The smallest absolute Gasteiger partial charge is 0.143 e. The molecule has 2 N–H and O–H groups in total. The first-order valence-electron chi connectivity index (χ1n) is 5.41. The molecule has 2 rings (SSSR count). The van der Waals surface area contributed by atoms with Crippen molar-refractivity contribution in [2.75, 3.05) is 0 Å². The van der Waals surface area contributed by atoms with Crippen molar-refractivity contribution >= 4 is 11.6 Å². The molecule has 1 aliphatic carbocycles. The fraction of sp³-hybridized carbons (Fsp3) is 0.500. The lowest BCUT2D eigenvalue weighted by Crippen LogP contribution is -2.43. The van der Waals surface area contributed by atoms with Crippen molar-refractivity contribution in [1.82, 2.24) is 5.32 Å². The Kier molecular flexibility index (Phi) is 3.01. The number of aliphatic hydroxyl groups is 1. The van der Waals surface area contributed by atoms with Crippen LogP contribution in [0.5, 0.6) is 0 Å². The van der Waals surface area contributed by atoms with Crippen LogP contribution in [-0.2, 0) is 5.72 Å². The summed E-state index contributed by atoms with van der Waals surface area (Å²) >= 11 is 6.09. The van der Waals surface area contributed by atoms with Gasteiger partial charge in [-0.05, 0) is 25.3 Å². The van der Waals surface area contributed by atoms with Crippen molar-refractivity contribution in [3.63, 3.8) is 0 Å². The van der Waals surface area contributed by atoms with E-state index in [1.807, 2.05) is 31.2 Å². The SMILES string of the molecule is CCC(O)(NC1CC1)c1ccccc1Cl. The molecule has 1 unspecified atom stereocenters. The molecule has 1 atom stereocenters. The summed E-state index contributed by atoms with van der Waals surface area (Å²) in [4.78, 5) is 0. The van der Waals surface area contributed by atoms with Crippen LogP contribution < -0.4 is 5.32 Å². The van der Waals surface area contributed by atoms with Gasteiger partial charge >= 0.3 is 0 Å². The Morgan fingerprint density at radius 1 is 1.47 bits per heavy atom. The van der Waals surface area contributed by atoms with Crippen LogP contribution >= 0.6 is 11.6 Å². The molecule has 82 valence electrons. The van der Waals surface area contributed by atoms with Crippen LogP contribution in [0.1, 0.15) is 31.7 Å². The van der Waals surface area contributed by atoms with Gasteiger partial charge in [-0.3, -0.25) is 5.32 Å². The summed E-state index contributed by atoms with van der Waals surface area (Å²) < 4.78 is 0. The van der Waals surface area contributed by atoms with Gasteiger partial charge in [0.2, 0.25) is 0 Å². The van der Waals surface area contributed by atoms with Crippen molar-refractivity contribution in [2.45, 2.75) is 38.0 Å². The topological polar surface area (TPSA) is 32.3 Å². The molecule has 0 amide bonds. The maximum Gasteiger partial charge on any atom is 0.143 e. The summed E-state index contributed by atoms with van der Waals surface area (Å²) in [6.07, 6.45) is 2.91. The number of nitrogens with one attached hydrogen (secondary N) is 1. The molecule has 0 aliphatic heterocycles. The fourth-order valence-corrected chi connectivity index (χ4v) is 2.02. The van der Waals surface area contributed by atoms with Gasteiger partial charge in [-0.25, -0.2) is 0 Å².